The zero-order chi connectivity index (χ0) is 12.3. The van der Waals surface area contributed by atoms with Gasteiger partial charge in [0.15, 0.2) is 0 Å². The molecular weight excluding hydrogens is 216 g/mol. The fourth-order valence-corrected chi connectivity index (χ4v) is 3.06. The molecule has 0 aromatic rings. The number of likely N-dealkylation sites (tertiary alicyclic amines) is 1. The van der Waals surface area contributed by atoms with E-state index in [2.05, 4.69) is 17.1 Å². The van der Waals surface area contributed by atoms with Gasteiger partial charge in [-0.2, -0.15) is 0 Å². The topological polar surface area (TPSA) is 33.7 Å². The third-order valence-corrected chi connectivity index (χ3v) is 4.28. The molecule has 0 amide bonds. The quantitative estimate of drug-likeness (QED) is 0.787. The lowest BCUT2D eigenvalue weighted by atomic mass is 9.92. The van der Waals surface area contributed by atoms with Crippen LogP contribution < -0.4 is 5.32 Å². The van der Waals surface area contributed by atoms with Gasteiger partial charge >= 0.3 is 0 Å². The lowest BCUT2D eigenvalue weighted by Crippen LogP contribution is -2.47. The number of methoxy groups -OCH3 is 2. The highest BCUT2D eigenvalue weighted by Gasteiger charge is 2.34. The van der Waals surface area contributed by atoms with Crippen LogP contribution in [-0.4, -0.2) is 63.5 Å². The van der Waals surface area contributed by atoms with Crippen LogP contribution in [0.5, 0.6) is 0 Å². The van der Waals surface area contributed by atoms with Gasteiger partial charge in [-0.1, -0.05) is 6.92 Å². The number of rotatable bonds is 4. The van der Waals surface area contributed by atoms with Crippen molar-refractivity contribution in [2.45, 2.75) is 38.0 Å². The second-order valence-electron chi connectivity index (χ2n) is 5.45. The summed E-state index contributed by atoms with van der Waals surface area (Å²) < 4.78 is 10.9. The second kappa shape index (κ2) is 6.14. The maximum atomic E-state index is 5.47. The minimum atomic E-state index is 0.235. The molecule has 2 aliphatic heterocycles. The van der Waals surface area contributed by atoms with Crippen molar-refractivity contribution in [3.8, 4) is 0 Å². The fraction of sp³-hybridized carbons (Fsp3) is 1.00. The van der Waals surface area contributed by atoms with E-state index in [0.29, 0.717) is 6.04 Å². The SMILES string of the molecule is COC1CN(CC2NCCCC2C)CC1OC. The first-order valence-electron chi connectivity index (χ1n) is 6.76. The number of ether oxygens (including phenoxy) is 2. The maximum absolute atomic E-state index is 5.47. The Morgan fingerprint density at radius 1 is 1.18 bits per heavy atom. The Labute approximate surface area is 105 Å². The van der Waals surface area contributed by atoms with Crippen LogP contribution in [0.15, 0.2) is 0 Å². The lowest BCUT2D eigenvalue weighted by molar-refractivity contribution is -0.00461. The monoisotopic (exact) mass is 242 g/mol. The van der Waals surface area contributed by atoms with Gasteiger partial charge in [0.2, 0.25) is 0 Å². The first-order chi connectivity index (χ1) is 8.24. The molecule has 0 saturated carbocycles. The molecular formula is C13H26N2O2. The van der Waals surface area contributed by atoms with Crippen molar-refractivity contribution in [2.24, 2.45) is 5.92 Å². The van der Waals surface area contributed by atoms with Crippen LogP contribution in [0.4, 0.5) is 0 Å². The molecule has 4 heteroatoms. The van der Waals surface area contributed by atoms with Crippen molar-refractivity contribution in [1.82, 2.24) is 10.2 Å². The van der Waals surface area contributed by atoms with Crippen LogP contribution in [0.2, 0.25) is 0 Å². The van der Waals surface area contributed by atoms with Gasteiger partial charge in [-0.3, -0.25) is 4.90 Å². The summed E-state index contributed by atoms with van der Waals surface area (Å²) in [5.74, 6) is 0.784. The Bertz CT molecular complexity index is 225. The van der Waals surface area contributed by atoms with E-state index >= 15 is 0 Å². The Kier molecular flexibility index (Phi) is 4.79. The van der Waals surface area contributed by atoms with Gasteiger partial charge in [0, 0.05) is 39.9 Å². The first kappa shape index (κ1) is 13.3. The normalized spacial score (nSPS) is 39.7. The summed E-state index contributed by atoms with van der Waals surface area (Å²) in [7, 11) is 3.56. The van der Waals surface area contributed by atoms with Crippen LogP contribution >= 0.6 is 0 Å². The number of hydrogen-bond acceptors (Lipinski definition) is 4. The average Bonchev–Trinajstić information content (AvgIpc) is 2.74. The van der Waals surface area contributed by atoms with Crippen molar-refractivity contribution in [3.63, 3.8) is 0 Å². The zero-order valence-electron chi connectivity index (χ0n) is 11.3. The smallest absolute Gasteiger partial charge is 0.0971 e. The molecule has 2 rings (SSSR count). The van der Waals surface area contributed by atoms with E-state index in [-0.39, 0.29) is 12.2 Å². The van der Waals surface area contributed by atoms with Crippen LogP contribution in [0.3, 0.4) is 0 Å². The summed E-state index contributed by atoms with van der Waals surface area (Å²) in [6.07, 6.45) is 3.14. The fourth-order valence-electron chi connectivity index (χ4n) is 3.06. The molecule has 4 nitrogen and oxygen atoms in total. The third-order valence-electron chi connectivity index (χ3n) is 4.28. The van der Waals surface area contributed by atoms with Gasteiger partial charge in [-0.15, -0.1) is 0 Å². The van der Waals surface area contributed by atoms with Gasteiger partial charge in [-0.05, 0) is 25.3 Å². The minimum absolute atomic E-state index is 0.235. The van der Waals surface area contributed by atoms with E-state index in [1.165, 1.54) is 19.4 Å². The predicted octanol–water partition coefficient (Wildman–Crippen LogP) is 0.720. The highest BCUT2D eigenvalue weighted by Crippen LogP contribution is 2.20. The Morgan fingerprint density at radius 2 is 1.82 bits per heavy atom. The van der Waals surface area contributed by atoms with Crippen molar-refractivity contribution < 1.29 is 9.47 Å². The molecule has 0 aromatic heterocycles. The van der Waals surface area contributed by atoms with E-state index in [0.717, 1.165) is 25.6 Å². The Balaban J connectivity index is 1.83. The summed E-state index contributed by atoms with van der Waals surface area (Å²) >= 11 is 0. The largest absolute Gasteiger partial charge is 0.377 e. The van der Waals surface area contributed by atoms with Gasteiger partial charge in [0.25, 0.3) is 0 Å². The number of nitrogens with zero attached hydrogens (tertiary/aromatic N) is 1. The van der Waals surface area contributed by atoms with Crippen LogP contribution in [0.1, 0.15) is 19.8 Å². The zero-order valence-corrected chi connectivity index (χ0v) is 11.3. The Hall–Kier alpha value is -0.160. The van der Waals surface area contributed by atoms with Gasteiger partial charge in [0.05, 0.1) is 12.2 Å². The standard InChI is InChI=1S/C13H26N2O2/c1-10-5-4-6-14-11(10)7-15-8-12(16-2)13(9-15)17-3/h10-14H,4-9H2,1-3H3. The van der Waals surface area contributed by atoms with Crippen LogP contribution in [-0.2, 0) is 9.47 Å². The summed E-state index contributed by atoms with van der Waals surface area (Å²) in [5.41, 5.74) is 0. The van der Waals surface area contributed by atoms with Crippen molar-refractivity contribution in [3.05, 3.63) is 0 Å². The lowest BCUT2D eigenvalue weighted by Gasteiger charge is -2.33. The molecule has 17 heavy (non-hydrogen) atoms. The molecule has 0 aromatic carbocycles. The Morgan fingerprint density at radius 3 is 2.35 bits per heavy atom. The summed E-state index contributed by atoms with van der Waals surface area (Å²) in [6, 6.07) is 0.636. The third kappa shape index (κ3) is 3.19. The van der Waals surface area contributed by atoms with Gasteiger partial charge < -0.3 is 14.8 Å². The molecule has 0 bridgehead atoms. The van der Waals surface area contributed by atoms with E-state index < -0.39 is 0 Å². The van der Waals surface area contributed by atoms with Crippen LogP contribution in [0.25, 0.3) is 0 Å². The molecule has 2 heterocycles. The summed E-state index contributed by atoms with van der Waals surface area (Å²) in [6.45, 7) is 6.65. The average molecular weight is 242 g/mol. The number of hydrogen-bond donors (Lipinski definition) is 1. The highest BCUT2D eigenvalue weighted by molar-refractivity contribution is 4.89. The molecule has 1 N–H and O–H groups in total. The van der Waals surface area contributed by atoms with Gasteiger partial charge in [0.1, 0.15) is 0 Å². The molecule has 0 spiro atoms. The second-order valence-corrected chi connectivity index (χ2v) is 5.45. The van der Waals surface area contributed by atoms with E-state index in [9.17, 15) is 0 Å². The highest BCUT2D eigenvalue weighted by atomic mass is 16.5. The van der Waals surface area contributed by atoms with Crippen molar-refractivity contribution >= 4 is 0 Å². The molecule has 0 aliphatic carbocycles. The van der Waals surface area contributed by atoms with E-state index in [4.69, 9.17) is 9.47 Å². The molecule has 2 saturated heterocycles. The van der Waals surface area contributed by atoms with Crippen LogP contribution in [0, 0.1) is 5.92 Å². The first-order valence-corrected chi connectivity index (χ1v) is 6.76. The molecule has 100 valence electrons. The minimum Gasteiger partial charge on any atom is -0.377 e. The molecule has 4 atom stereocenters. The van der Waals surface area contributed by atoms with Gasteiger partial charge in [-0.25, -0.2) is 0 Å². The molecule has 4 unspecified atom stereocenters. The molecule has 2 fully saturated rings. The summed E-state index contributed by atoms with van der Waals surface area (Å²) in [4.78, 5) is 2.47. The number of nitrogens with one attached hydrogen (secondary N) is 1. The van der Waals surface area contributed by atoms with E-state index in [1.54, 1.807) is 14.2 Å². The predicted molar refractivity (Wildman–Crippen MR) is 68.2 cm³/mol. The number of piperidine rings is 1. The summed E-state index contributed by atoms with van der Waals surface area (Å²) in [5, 5.41) is 3.64. The van der Waals surface area contributed by atoms with Crippen molar-refractivity contribution in [1.29, 1.82) is 0 Å². The molecule has 2 aliphatic rings. The molecule has 0 radical (unpaired) electrons. The maximum Gasteiger partial charge on any atom is 0.0971 e. The van der Waals surface area contributed by atoms with Crippen molar-refractivity contribution in [2.75, 3.05) is 40.4 Å². The van der Waals surface area contributed by atoms with E-state index in [1.807, 2.05) is 0 Å².